The predicted molar refractivity (Wildman–Crippen MR) is 95.5 cm³/mol. The van der Waals surface area contributed by atoms with E-state index in [2.05, 4.69) is 26.9 Å². The summed E-state index contributed by atoms with van der Waals surface area (Å²) in [5, 5.41) is 4.49. The minimum Gasteiger partial charge on any atom is -0.477 e. The molecule has 2 aromatic heterocycles. The number of nitrogens with zero attached hydrogens (tertiary/aromatic N) is 5. The maximum atomic E-state index is 5.81. The van der Waals surface area contributed by atoms with Gasteiger partial charge in [-0.3, -0.25) is 4.68 Å². The van der Waals surface area contributed by atoms with Crippen LogP contribution in [0.3, 0.4) is 0 Å². The summed E-state index contributed by atoms with van der Waals surface area (Å²) in [4.78, 5) is 10.9. The molecule has 7 heteroatoms. The summed E-state index contributed by atoms with van der Waals surface area (Å²) in [7, 11) is 3.66. The molecular formula is C18H27N5O2. The number of anilines is 1. The molecule has 2 aromatic rings. The third kappa shape index (κ3) is 5.42. The zero-order valence-electron chi connectivity index (χ0n) is 15.3. The number of hydrogen-bond donors (Lipinski definition) is 0. The van der Waals surface area contributed by atoms with Crippen molar-refractivity contribution in [2.45, 2.75) is 26.3 Å². The zero-order chi connectivity index (χ0) is 17.6. The number of rotatable bonds is 10. The van der Waals surface area contributed by atoms with E-state index in [0.717, 1.165) is 24.7 Å². The number of aromatic nitrogens is 4. The van der Waals surface area contributed by atoms with E-state index in [-0.39, 0.29) is 0 Å². The van der Waals surface area contributed by atoms with Crippen molar-refractivity contribution in [2.75, 3.05) is 31.8 Å². The maximum Gasteiger partial charge on any atom is 0.218 e. The van der Waals surface area contributed by atoms with Crippen molar-refractivity contribution in [1.82, 2.24) is 19.7 Å². The summed E-state index contributed by atoms with van der Waals surface area (Å²) in [5.74, 6) is 2.57. The summed E-state index contributed by atoms with van der Waals surface area (Å²) >= 11 is 0. The molecule has 2 heterocycles. The van der Waals surface area contributed by atoms with Crippen LogP contribution in [0.4, 0.5) is 5.82 Å². The van der Waals surface area contributed by atoms with Crippen LogP contribution in [-0.4, -0.2) is 46.6 Å². The Morgan fingerprint density at radius 2 is 2.20 bits per heavy atom. The van der Waals surface area contributed by atoms with Crippen molar-refractivity contribution in [3.8, 4) is 5.88 Å². The lowest BCUT2D eigenvalue weighted by molar-refractivity contribution is 0.161. The number of ether oxygens (including phenoxy) is 2. The molecule has 136 valence electrons. The molecule has 3 rings (SSSR count). The fourth-order valence-corrected chi connectivity index (χ4v) is 2.77. The molecule has 1 aliphatic carbocycles. The average molecular weight is 345 g/mol. The molecule has 1 aliphatic rings. The van der Waals surface area contributed by atoms with Crippen LogP contribution >= 0.6 is 0 Å². The van der Waals surface area contributed by atoms with Gasteiger partial charge in [-0.1, -0.05) is 6.92 Å². The van der Waals surface area contributed by atoms with Crippen LogP contribution in [0.5, 0.6) is 5.88 Å². The largest absolute Gasteiger partial charge is 0.477 e. The Labute approximate surface area is 149 Å². The van der Waals surface area contributed by atoms with Crippen molar-refractivity contribution >= 4 is 5.82 Å². The Morgan fingerprint density at radius 1 is 1.36 bits per heavy atom. The fourth-order valence-electron chi connectivity index (χ4n) is 2.77. The van der Waals surface area contributed by atoms with Gasteiger partial charge in [0.2, 0.25) is 5.88 Å². The van der Waals surface area contributed by atoms with E-state index in [0.29, 0.717) is 30.9 Å². The van der Waals surface area contributed by atoms with Gasteiger partial charge in [-0.05, 0) is 30.7 Å². The topological polar surface area (TPSA) is 65.3 Å². The summed E-state index contributed by atoms with van der Waals surface area (Å²) < 4.78 is 12.9. The smallest absolute Gasteiger partial charge is 0.218 e. The van der Waals surface area contributed by atoms with Crippen molar-refractivity contribution < 1.29 is 9.47 Å². The molecule has 1 fully saturated rings. The quantitative estimate of drug-likeness (QED) is 0.658. The summed E-state index contributed by atoms with van der Waals surface area (Å²) in [5.41, 5.74) is 1.01. The lowest BCUT2D eigenvalue weighted by Gasteiger charge is -2.26. The van der Waals surface area contributed by atoms with Crippen molar-refractivity contribution in [2.24, 2.45) is 18.9 Å². The summed E-state index contributed by atoms with van der Waals surface area (Å²) in [6.45, 7) is 5.13. The van der Waals surface area contributed by atoms with Crippen LogP contribution in [-0.2, 0) is 18.3 Å². The normalized spacial score (nSPS) is 15.2. The van der Waals surface area contributed by atoms with Gasteiger partial charge in [0, 0.05) is 33.0 Å². The summed E-state index contributed by atoms with van der Waals surface area (Å²) in [6, 6.07) is 3.95. The van der Waals surface area contributed by atoms with Crippen LogP contribution in [0.1, 0.15) is 25.5 Å². The molecule has 1 unspecified atom stereocenters. The van der Waals surface area contributed by atoms with Gasteiger partial charge in [-0.2, -0.15) is 5.10 Å². The maximum absolute atomic E-state index is 5.81. The Balaban J connectivity index is 1.73. The van der Waals surface area contributed by atoms with Gasteiger partial charge >= 0.3 is 0 Å². The Hall–Kier alpha value is -2.15. The van der Waals surface area contributed by atoms with Gasteiger partial charge in [-0.15, -0.1) is 0 Å². The third-order valence-corrected chi connectivity index (χ3v) is 4.22. The van der Waals surface area contributed by atoms with Crippen molar-refractivity contribution in [3.63, 3.8) is 0 Å². The lowest BCUT2D eigenvalue weighted by atomic mass is 10.2. The first-order valence-electron chi connectivity index (χ1n) is 8.81. The molecule has 0 radical (unpaired) electrons. The lowest BCUT2D eigenvalue weighted by Crippen LogP contribution is -2.30. The monoisotopic (exact) mass is 345 g/mol. The minimum absolute atomic E-state index is 0.375. The first kappa shape index (κ1) is 17.7. The van der Waals surface area contributed by atoms with E-state index in [9.17, 15) is 0 Å². The van der Waals surface area contributed by atoms with Gasteiger partial charge in [0.15, 0.2) is 0 Å². The molecule has 25 heavy (non-hydrogen) atoms. The third-order valence-electron chi connectivity index (χ3n) is 4.22. The van der Waals surface area contributed by atoms with E-state index in [1.54, 1.807) is 13.4 Å². The molecule has 0 bridgehead atoms. The van der Waals surface area contributed by atoms with Crippen molar-refractivity contribution in [1.29, 1.82) is 0 Å². The highest BCUT2D eigenvalue weighted by Gasteiger charge is 2.22. The van der Waals surface area contributed by atoms with Crippen LogP contribution in [0, 0.1) is 11.8 Å². The number of hydrogen-bond acceptors (Lipinski definition) is 6. The van der Waals surface area contributed by atoms with Gasteiger partial charge in [0.1, 0.15) is 12.1 Å². The molecule has 1 atom stereocenters. The molecule has 0 N–H and O–H groups in total. The molecule has 7 nitrogen and oxygen atoms in total. The number of aryl methyl sites for hydroxylation is 1. The minimum atomic E-state index is 0.375. The van der Waals surface area contributed by atoms with Gasteiger partial charge in [-0.25, -0.2) is 9.97 Å². The second-order valence-corrected chi connectivity index (χ2v) is 6.89. The predicted octanol–water partition coefficient (Wildman–Crippen LogP) is 2.29. The first-order chi connectivity index (χ1) is 12.1. The molecule has 0 aliphatic heterocycles. The molecule has 0 spiro atoms. The van der Waals surface area contributed by atoms with E-state index < -0.39 is 0 Å². The SMILES string of the molecule is COCC(C)CN(Cc1ccn(C)n1)c1cc(OCC2CC2)ncn1. The first-order valence-corrected chi connectivity index (χ1v) is 8.81. The summed E-state index contributed by atoms with van der Waals surface area (Å²) in [6.07, 6.45) is 6.05. The van der Waals surface area contributed by atoms with Crippen molar-refractivity contribution in [3.05, 3.63) is 30.4 Å². The van der Waals surface area contributed by atoms with Crippen LogP contribution < -0.4 is 9.64 Å². The standard InChI is InChI=1S/C18H27N5O2/c1-14(11-24-3)9-23(10-16-6-7-22(2)21-16)17-8-18(20-13-19-17)25-12-15-4-5-15/h6-8,13-15H,4-5,9-12H2,1-3H3. The molecular weight excluding hydrogens is 318 g/mol. The highest BCUT2D eigenvalue weighted by molar-refractivity contribution is 5.41. The van der Waals surface area contributed by atoms with Crippen LogP contribution in [0.25, 0.3) is 0 Å². The van der Waals surface area contributed by atoms with Gasteiger partial charge in [0.05, 0.1) is 25.5 Å². The van der Waals surface area contributed by atoms with Crippen LogP contribution in [0.15, 0.2) is 24.7 Å². The highest BCUT2D eigenvalue weighted by Crippen LogP contribution is 2.29. The van der Waals surface area contributed by atoms with Crippen LogP contribution in [0.2, 0.25) is 0 Å². The molecule has 1 saturated carbocycles. The Morgan fingerprint density at radius 3 is 2.88 bits per heavy atom. The molecule has 0 saturated heterocycles. The molecule has 0 aromatic carbocycles. The van der Waals surface area contributed by atoms with E-state index in [1.807, 2.05) is 30.1 Å². The Bertz CT molecular complexity index is 671. The second-order valence-electron chi connectivity index (χ2n) is 6.89. The second kappa shape index (κ2) is 8.29. The van der Waals surface area contributed by atoms with E-state index in [4.69, 9.17) is 9.47 Å². The average Bonchev–Trinajstić information content (AvgIpc) is 3.34. The molecule has 0 amide bonds. The zero-order valence-corrected chi connectivity index (χ0v) is 15.3. The van der Waals surface area contributed by atoms with Gasteiger partial charge in [0.25, 0.3) is 0 Å². The van der Waals surface area contributed by atoms with Gasteiger partial charge < -0.3 is 14.4 Å². The fraction of sp³-hybridized carbons (Fsp3) is 0.611. The highest BCUT2D eigenvalue weighted by atomic mass is 16.5. The van der Waals surface area contributed by atoms with E-state index in [1.165, 1.54) is 12.8 Å². The number of methoxy groups -OCH3 is 1. The Kier molecular flexibility index (Phi) is 5.86. The van der Waals surface area contributed by atoms with E-state index >= 15 is 0 Å².